The first-order valence-corrected chi connectivity index (χ1v) is 16.7. The summed E-state index contributed by atoms with van der Waals surface area (Å²) < 4.78 is 6.06. The Morgan fingerprint density at radius 2 is 1.50 bits per heavy atom. The second-order valence-corrected chi connectivity index (χ2v) is 12.6. The van der Waals surface area contributed by atoms with E-state index in [9.17, 15) is 4.79 Å². The molecule has 0 spiro atoms. The molecule has 0 radical (unpaired) electrons. The number of nitrogens with zero attached hydrogens (tertiary/aromatic N) is 2. The molecule has 220 valence electrons. The third-order valence-electron chi connectivity index (χ3n) is 7.43. The van der Waals surface area contributed by atoms with Gasteiger partial charge in [0.05, 0.1) is 24.1 Å². The van der Waals surface area contributed by atoms with E-state index in [1.807, 2.05) is 42.1 Å². The molecule has 0 atom stereocenters. The molecule has 0 aliphatic carbocycles. The van der Waals surface area contributed by atoms with Gasteiger partial charge in [0, 0.05) is 25.4 Å². The molecule has 1 aliphatic rings. The number of benzene rings is 2. The monoisotopic (exact) mass is 584 g/mol. The zero-order valence-electron chi connectivity index (χ0n) is 24.9. The van der Waals surface area contributed by atoms with Crippen molar-refractivity contribution >= 4 is 35.0 Å². The van der Waals surface area contributed by atoms with Crippen LogP contribution < -0.4 is 9.64 Å². The maximum atomic E-state index is 12.6. The van der Waals surface area contributed by atoms with Gasteiger partial charge < -0.3 is 14.5 Å². The number of carbonyl (C=O) groups is 1. The highest BCUT2D eigenvalue weighted by Gasteiger charge is 2.15. The van der Waals surface area contributed by atoms with Gasteiger partial charge in [0.15, 0.2) is 0 Å². The number of ether oxygens (including phenoxy) is 1. The zero-order chi connectivity index (χ0) is 28.6. The maximum absolute atomic E-state index is 12.6. The number of allylic oxidation sites excluding steroid dienone is 1. The van der Waals surface area contributed by atoms with Crippen LogP contribution in [0, 0.1) is 0 Å². The van der Waals surface area contributed by atoms with Gasteiger partial charge in [0.1, 0.15) is 5.75 Å². The number of amides is 1. The lowest BCUT2D eigenvalue weighted by Crippen LogP contribution is -2.27. The highest BCUT2D eigenvalue weighted by molar-refractivity contribution is 8.03. The van der Waals surface area contributed by atoms with Crippen LogP contribution in [0.1, 0.15) is 109 Å². The average Bonchev–Trinajstić information content (AvgIpc) is 3.36. The number of anilines is 1. The molecule has 0 N–H and O–H groups in total. The van der Waals surface area contributed by atoms with Gasteiger partial charge in [-0.1, -0.05) is 107 Å². The Morgan fingerprint density at radius 3 is 2.08 bits per heavy atom. The Balaban J connectivity index is 1.40. The van der Waals surface area contributed by atoms with Crippen LogP contribution >= 0.6 is 23.4 Å². The van der Waals surface area contributed by atoms with E-state index in [0.717, 1.165) is 30.1 Å². The van der Waals surface area contributed by atoms with E-state index >= 15 is 0 Å². The molecule has 0 fully saturated rings. The fourth-order valence-electron chi connectivity index (χ4n) is 5.07. The SMILES string of the molecule is CCCCCCCCCCCCCCOc1cc(CN(C(C)=O)c2ccc(CN3C=C(C)SC3)cc2)ccc1Cl. The summed E-state index contributed by atoms with van der Waals surface area (Å²) >= 11 is 8.31. The molecule has 0 saturated heterocycles. The largest absolute Gasteiger partial charge is 0.492 e. The van der Waals surface area contributed by atoms with Crippen molar-refractivity contribution in [2.75, 3.05) is 17.4 Å². The Hall–Kier alpha value is -2.11. The molecule has 6 heteroatoms. The lowest BCUT2D eigenvalue weighted by Gasteiger charge is -2.23. The second-order valence-electron chi connectivity index (χ2n) is 11.0. The maximum Gasteiger partial charge on any atom is 0.224 e. The van der Waals surface area contributed by atoms with Crippen molar-refractivity contribution in [1.82, 2.24) is 4.90 Å². The van der Waals surface area contributed by atoms with Crippen molar-refractivity contribution < 1.29 is 9.53 Å². The van der Waals surface area contributed by atoms with Crippen molar-refractivity contribution in [3.63, 3.8) is 0 Å². The standard InChI is InChI=1S/C34H49ClN2O2S/c1-4-5-6-7-8-9-10-11-12-13-14-15-22-39-34-23-31(18-21-33(34)35)26-37(29(3)38)32-19-16-30(17-20-32)25-36-24-28(2)40-27-36/h16-21,23-24H,4-15,22,25-27H2,1-3H3. The highest BCUT2D eigenvalue weighted by Crippen LogP contribution is 2.29. The van der Waals surface area contributed by atoms with Crippen LogP contribution in [0.4, 0.5) is 5.69 Å². The van der Waals surface area contributed by atoms with Gasteiger partial charge in [0.2, 0.25) is 5.91 Å². The van der Waals surface area contributed by atoms with Crippen molar-refractivity contribution in [3.8, 4) is 5.75 Å². The molecule has 1 aliphatic heterocycles. The zero-order valence-corrected chi connectivity index (χ0v) is 26.5. The van der Waals surface area contributed by atoms with Crippen LogP contribution in [0.25, 0.3) is 0 Å². The highest BCUT2D eigenvalue weighted by atomic mass is 35.5. The average molecular weight is 585 g/mol. The molecule has 0 aromatic heterocycles. The molecule has 0 saturated carbocycles. The minimum Gasteiger partial charge on any atom is -0.492 e. The Bertz CT molecular complexity index is 1060. The van der Waals surface area contributed by atoms with E-state index in [1.54, 1.807) is 11.8 Å². The first-order valence-electron chi connectivity index (χ1n) is 15.3. The molecule has 4 nitrogen and oxygen atoms in total. The molecular weight excluding hydrogens is 536 g/mol. The van der Waals surface area contributed by atoms with E-state index < -0.39 is 0 Å². The third-order valence-corrected chi connectivity index (χ3v) is 8.76. The van der Waals surface area contributed by atoms with Crippen LogP contribution in [-0.4, -0.2) is 23.3 Å². The first kappa shape index (κ1) is 32.4. The van der Waals surface area contributed by atoms with Gasteiger partial charge in [-0.05, 0) is 53.6 Å². The fraction of sp³-hybridized carbons (Fsp3) is 0.559. The summed E-state index contributed by atoms with van der Waals surface area (Å²) in [6.45, 7) is 8.06. The Morgan fingerprint density at radius 1 is 0.900 bits per heavy atom. The van der Waals surface area contributed by atoms with Crippen molar-refractivity contribution in [2.24, 2.45) is 0 Å². The number of unbranched alkanes of at least 4 members (excludes halogenated alkanes) is 11. The van der Waals surface area contributed by atoms with Gasteiger partial charge in [0.25, 0.3) is 0 Å². The van der Waals surface area contributed by atoms with Crippen LogP contribution in [-0.2, 0) is 17.9 Å². The fourth-order valence-corrected chi connectivity index (χ4v) is 6.00. The van der Waals surface area contributed by atoms with Crippen molar-refractivity contribution in [1.29, 1.82) is 0 Å². The predicted molar refractivity (Wildman–Crippen MR) is 173 cm³/mol. The third kappa shape index (κ3) is 11.8. The molecule has 0 unspecified atom stereocenters. The quantitative estimate of drug-likeness (QED) is 0.154. The van der Waals surface area contributed by atoms with E-state index in [4.69, 9.17) is 16.3 Å². The number of hydrogen-bond donors (Lipinski definition) is 0. The smallest absolute Gasteiger partial charge is 0.224 e. The van der Waals surface area contributed by atoms with Gasteiger partial charge in [-0.25, -0.2) is 0 Å². The molecule has 1 heterocycles. The lowest BCUT2D eigenvalue weighted by atomic mass is 10.1. The molecule has 1 amide bonds. The van der Waals surface area contributed by atoms with Crippen LogP contribution in [0.5, 0.6) is 5.75 Å². The van der Waals surface area contributed by atoms with Crippen molar-refractivity contribution in [2.45, 2.75) is 111 Å². The van der Waals surface area contributed by atoms with Gasteiger partial charge in [-0.3, -0.25) is 4.79 Å². The molecule has 40 heavy (non-hydrogen) atoms. The summed E-state index contributed by atoms with van der Waals surface area (Å²) in [6, 6.07) is 14.1. The molecule has 0 bridgehead atoms. The van der Waals surface area contributed by atoms with Gasteiger partial charge >= 0.3 is 0 Å². The van der Waals surface area contributed by atoms with E-state index in [0.29, 0.717) is 23.9 Å². The number of rotatable bonds is 19. The number of halogens is 1. The van der Waals surface area contributed by atoms with E-state index in [-0.39, 0.29) is 5.91 Å². The predicted octanol–water partition coefficient (Wildman–Crippen LogP) is 10.3. The molecule has 3 rings (SSSR count). The Labute approximate surface area is 252 Å². The second kappa shape index (κ2) is 18.3. The minimum absolute atomic E-state index is 0.0103. The summed E-state index contributed by atoms with van der Waals surface area (Å²) in [6.07, 6.45) is 18.1. The number of hydrogen-bond acceptors (Lipinski definition) is 4. The normalized spacial score (nSPS) is 13.0. The van der Waals surface area contributed by atoms with E-state index in [1.165, 1.54) is 81.1 Å². The summed E-state index contributed by atoms with van der Waals surface area (Å²) in [5.74, 6) is 1.71. The minimum atomic E-state index is 0.0103. The van der Waals surface area contributed by atoms with Crippen molar-refractivity contribution in [3.05, 3.63) is 69.7 Å². The lowest BCUT2D eigenvalue weighted by molar-refractivity contribution is -0.116. The molecule has 2 aromatic carbocycles. The summed E-state index contributed by atoms with van der Waals surface area (Å²) in [7, 11) is 0. The van der Waals surface area contributed by atoms with E-state index in [2.05, 4.69) is 37.1 Å². The van der Waals surface area contributed by atoms with Gasteiger partial charge in [-0.15, -0.1) is 11.8 Å². The van der Waals surface area contributed by atoms with Gasteiger partial charge in [-0.2, -0.15) is 0 Å². The van der Waals surface area contributed by atoms with Crippen LogP contribution in [0.15, 0.2) is 53.6 Å². The summed E-state index contributed by atoms with van der Waals surface area (Å²) in [5, 5.41) is 0.616. The topological polar surface area (TPSA) is 32.8 Å². The summed E-state index contributed by atoms with van der Waals surface area (Å²) in [4.78, 5) is 18.0. The molecule has 2 aromatic rings. The first-order chi connectivity index (χ1) is 19.5. The Kier molecular flexibility index (Phi) is 14.9. The number of carbonyl (C=O) groups excluding carboxylic acids is 1. The van der Waals surface area contributed by atoms with Crippen LogP contribution in [0.3, 0.4) is 0 Å². The van der Waals surface area contributed by atoms with Crippen LogP contribution in [0.2, 0.25) is 5.02 Å². The number of thioether (sulfide) groups is 1. The molecular formula is C34H49ClN2O2S. The summed E-state index contributed by atoms with van der Waals surface area (Å²) in [5.41, 5.74) is 3.13.